The first-order chi connectivity index (χ1) is 9.73. The first kappa shape index (κ1) is 18.6. The van der Waals surface area contributed by atoms with Gasteiger partial charge in [-0.2, -0.15) is 4.31 Å². The summed E-state index contributed by atoms with van der Waals surface area (Å²) in [5.41, 5.74) is 0. The molecular weight excluding hydrogens is 357 g/mol. The highest BCUT2D eigenvalue weighted by molar-refractivity contribution is 9.10. The zero-order valence-electron chi connectivity index (χ0n) is 12.9. The SMILES string of the molecule is CCC(CC)N(CC(C)C)S(=O)(=O)c1ccc(Br)c(F)c1. The predicted octanol–water partition coefficient (Wildman–Crippen LogP) is 4.42. The maximum absolute atomic E-state index is 13.7. The van der Waals surface area contributed by atoms with E-state index in [1.54, 1.807) is 0 Å². The lowest BCUT2D eigenvalue weighted by atomic mass is 10.1. The van der Waals surface area contributed by atoms with Crippen LogP contribution in [0.15, 0.2) is 27.6 Å². The quantitative estimate of drug-likeness (QED) is 0.702. The van der Waals surface area contributed by atoms with Gasteiger partial charge in [0.1, 0.15) is 5.82 Å². The predicted molar refractivity (Wildman–Crippen MR) is 87.2 cm³/mol. The van der Waals surface area contributed by atoms with Crippen molar-refractivity contribution in [3.63, 3.8) is 0 Å². The Bertz CT molecular complexity index is 571. The summed E-state index contributed by atoms with van der Waals surface area (Å²) in [6, 6.07) is 3.89. The van der Waals surface area contributed by atoms with Crippen molar-refractivity contribution in [2.75, 3.05) is 6.54 Å². The van der Waals surface area contributed by atoms with Crippen molar-refractivity contribution < 1.29 is 12.8 Å². The van der Waals surface area contributed by atoms with Crippen molar-refractivity contribution in [3.8, 4) is 0 Å². The molecule has 0 bridgehead atoms. The Morgan fingerprint density at radius 1 is 1.24 bits per heavy atom. The molecule has 0 spiro atoms. The lowest BCUT2D eigenvalue weighted by molar-refractivity contribution is 0.277. The molecule has 6 heteroatoms. The second kappa shape index (κ2) is 7.70. The van der Waals surface area contributed by atoms with Crippen LogP contribution in [0, 0.1) is 11.7 Å². The van der Waals surface area contributed by atoms with Crippen LogP contribution in [-0.4, -0.2) is 25.3 Å². The van der Waals surface area contributed by atoms with Crippen LogP contribution in [0.2, 0.25) is 0 Å². The fourth-order valence-corrected chi connectivity index (χ4v) is 4.47. The topological polar surface area (TPSA) is 37.4 Å². The average Bonchev–Trinajstić information content (AvgIpc) is 2.41. The highest BCUT2D eigenvalue weighted by Gasteiger charge is 2.30. The minimum absolute atomic E-state index is 0.00995. The number of halogens is 2. The van der Waals surface area contributed by atoms with E-state index in [1.165, 1.54) is 16.4 Å². The lowest BCUT2D eigenvalue weighted by Crippen LogP contribution is -2.42. The molecule has 0 aliphatic rings. The van der Waals surface area contributed by atoms with Crippen molar-refractivity contribution in [2.45, 2.75) is 51.5 Å². The van der Waals surface area contributed by atoms with Crippen LogP contribution < -0.4 is 0 Å². The number of benzene rings is 1. The van der Waals surface area contributed by atoms with E-state index in [1.807, 2.05) is 27.7 Å². The molecular formula is C15H23BrFNO2S. The van der Waals surface area contributed by atoms with Crippen LogP contribution >= 0.6 is 15.9 Å². The highest BCUT2D eigenvalue weighted by atomic mass is 79.9. The first-order valence-corrected chi connectivity index (χ1v) is 9.44. The molecule has 0 radical (unpaired) electrons. The number of nitrogens with zero attached hydrogens (tertiary/aromatic N) is 1. The molecule has 0 saturated carbocycles. The van der Waals surface area contributed by atoms with E-state index in [2.05, 4.69) is 15.9 Å². The van der Waals surface area contributed by atoms with Gasteiger partial charge in [-0.15, -0.1) is 0 Å². The fraction of sp³-hybridized carbons (Fsp3) is 0.600. The van der Waals surface area contributed by atoms with Crippen molar-refractivity contribution in [1.82, 2.24) is 4.31 Å². The Balaban J connectivity index is 3.28. The van der Waals surface area contributed by atoms with E-state index in [9.17, 15) is 12.8 Å². The minimum Gasteiger partial charge on any atom is -0.207 e. The van der Waals surface area contributed by atoms with Crippen LogP contribution in [0.3, 0.4) is 0 Å². The van der Waals surface area contributed by atoms with Gasteiger partial charge in [0.05, 0.1) is 9.37 Å². The summed E-state index contributed by atoms with van der Waals surface area (Å²) in [6.45, 7) is 8.34. The Labute approximate surface area is 135 Å². The molecule has 0 amide bonds. The van der Waals surface area contributed by atoms with E-state index < -0.39 is 15.8 Å². The molecule has 0 N–H and O–H groups in total. The summed E-state index contributed by atoms with van der Waals surface area (Å²) < 4.78 is 41.1. The molecule has 0 heterocycles. The van der Waals surface area contributed by atoms with Gasteiger partial charge in [0, 0.05) is 12.6 Å². The highest BCUT2D eigenvalue weighted by Crippen LogP contribution is 2.25. The largest absolute Gasteiger partial charge is 0.243 e. The monoisotopic (exact) mass is 379 g/mol. The Hall–Kier alpha value is -0.460. The average molecular weight is 380 g/mol. The van der Waals surface area contributed by atoms with Gasteiger partial charge in [-0.1, -0.05) is 27.7 Å². The summed E-state index contributed by atoms with van der Waals surface area (Å²) in [7, 11) is -3.69. The van der Waals surface area contributed by atoms with Crippen LogP contribution in [0.4, 0.5) is 4.39 Å². The van der Waals surface area contributed by atoms with Gasteiger partial charge >= 0.3 is 0 Å². The zero-order valence-corrected chi connectivity index (χ0v) is 15.3. The molecule has 0 atom stereocenters. The molecule has 1 aromatic rings. The Kier molecular flexibility index (Phi) is 6.81. The van der Waals surface area contributed by atoms with E-state index in [-0.39, 0.29) is 21.3 Å². The normalized spacial score (nSPS) is 12.6. The number of sulfonamides is 1. The van der Waals surface area contributed by atoms with Gasteiger partial charge in [0.2, 0.25) is 10.0 Å². The number of hydrogen-bond donors (Lipinski definition) is 0. The van der Waals surface area contributed by atoms with Crippen molar-refractivity contribution >= 4 is 26.0 Å². The molecule has 3 nitrogen and oxygen atoms in total. The van der Waals surface area contributed by atoms with Gasteiger partial charge in [-0.25, -0.2) is 12.8 Å². The Morgan fingerprint density at radius 3 is 2.24 bits per heavy atom. The molecule has 120 valence electrons. The van der Waals surface area contributed by atoms with E-state index in [0.29, 0.717) is 6.54 Å². The third-order valence-corrected chi connectivity index (χ3v) is 5.95. The summed E-state index contributed by atoms with van der Waals surface area (Å²) in [5.74, 6) is -0.356. The summed E-state index contributed by atoms with van der Waals surface area (Å²) in [4.78, 5) is 0.00995. The molecule has 0 saturated heterocycles. The summed E-state index contributed by atoms with van der Waals surface area (Å²) in [6.07, 6.45) is 1.48. The number of hydrogen-bond acceptors (Lipinski definition) is 2. The van der Waals surface area contributed by atoms with Crippen LogP contribution in [-0.2, 0) is 10.0 Å². The lowest BCUT2D eigenvalue weighted by Gasteiger charge is -2.31. The van der Waals surface area contributed by atoms with Crippen molar-refractivity contribution in [1.29, 1.82) is 0 Å². The van der Waals surface area contributed by atoms with E-state index >= 15 is 0 Å². The zero-order chi connectivity index (χ0) is 16.2. The van der Waals surface area contributed by atoms with Gasteiger partial charge in [0.25, 0.3) is 0 Å². The second-order valence-corrected chi connectivity index (χ2v) is 8.26. The van der Waals surface area contributed by atoms with Crippen molar-refractivity contribution in [3.05, 3.63) is 28.5 Å². The minimum atomic E-state index is -3.69. The van der Waals surface area contributed by atoms with Crippen LogP contribution in [0.5, 0.6) is 0 Å². The van der Waals surface area contributed by atoms with Gasteiger partial charge < -0.3 is 0 Å². The number of rotatable bonds is 7. The summed E-state index contributed by atoms with van der Waals surface area (Å²) >= 11 is 3.05. The molecule has 0 aliphatic heterocycles. The third kappa shape index (κ3) is 4.50. The van der Waals surface area contributed by atoms with Gasteiger partial charge in [-0.05, 0) is 52.9 Å². The molecule has 21 heavy (non-hydrogen) atoms. The molecule has 1 rings (SSSR count). The van der Waals surface area contributed by atoms with Crippen LogP contribution in [0.25, 0.3) is 0 Å². The fourth-order valence-electron chi connectivity index (χ4n) is 2.27. The molecule has 0 fully saturated rings. The van der Waals surface area contributed by atoms with Gasteiger partial charge in [0.15, 0.2) is 0 Å². The maximum Gasteiger partial charge on any atom is 0.243 e. The van der Waals surface area contributed by atoms with Crippen LogP contribution in [0.1, 0.15) is 40.5 Å². The smallest absolute Gasteiger partial charge is 0.207 e. The van der Waals surface area contributed by atoms with Crippen molar-refractivity contribution in [2.24, 2.45) is 5.92 Å². The molecule has 0 aromatic heterocycles. The second-order valence-electron chi connectivity index (χ2n) is 5.51. The molecule has 1 aromatic carbocycles. The first-order valence-electron chi connectivity index (χ1n) is 7.20. The molecule has 0 aliphatic carbocycles. The molecule has 0 unspecified atom stereocenters. The Morgan fingerprint density at radius 2 is 1.81 bits per heavy atom. The standard InChI is InChI=1S/C15H23BrFNO2S/c1-5-12(6-2)18(10-11(3)4)21(19,20)13-7-8-14(16)15(17)9-13/h7-9,11-12H,5-6,10H2,1-4H3. The third-order valence-electron chi connectivity index (χ3n) is 3.39. The van der Waals surface area contributed by atoms with E-state index in [4.69, 9.17) is 0 Å². The van der Waals surface area contributed by atoms with E-state index in [0.717, 1.165) is 18.9 Å². The summed E-state index contributed by atoms with van der Waals surface area (Å²) in [5, 5.41) is 0. The maximum atomic E-state index is 13.7. The van der Waals surface area contributed by atoms with Gasteiger partial charge in [-0.3, -0.25) is 0 Å².